The molecule has 0 spiro atoms. The molecular weight excluding hydrogens is 547 g/mol. The molecule has 2 aromatic heterocycles. The van der Waals surface area contributed by atoms with E-state index in [2.05, 4.69) is 36.8 Å². The lowest BCUT2D eigenvalue weighted by atomic mass is 10.2. The topological polar surface area (TPSA) is 43.6 Å². The summed E-state index contributed by atoms with van der Waals surface area (Å²) in [5.74, 6) is 0.205. The van der Waals surface area contributed by atoms with Crippen LogP contribution in [0.5, 0.6) is 5.75 Å². The van der Waals surface area contributed by atoms with Gasteiger partial charge < -0.3 is 4.74 Å². The summed E-state index contributed by atoms with van der Waals surface area (Å²) >= 11 is 8.33. The Hall–Kier alpha value is -2.55. The Labute approximate surface area is 196 Å². The van der Waals surface area contributed by atoms with Crippen molar-refractivity contribution in [2.45, 2.75) is 6.61 Å². The highest BCUT2D eigenvalue weighted by Crippen LogP contribution is 2.34. The largest absolute Gasteiger partial charge is 0.487 e. The number of imidazole rings is 1. The second-order valence-corrected chi connectivity index (χ2v) is 9.60. The van der Waals surface area contributed by atoms with Crippen LogP contribution in [0.3, 0.4) is 0 Å². The summed E-state index contributed by atoms with van der Waals surface area (Å²) in [6.07, 6.45) is 1.78. The van der Waals surface area contributed by atoms with Crippen LogP contribution in [-0.4, -0.2) is 9.38 Å². The molecular formula is C23H13Br2FN2O2S. The van der Waals surface area contributed by atoms with Crippen molar-refractivity contribution in [3.8, 4) is 5.75 Å². The summed E-state index contributed by atoms with van der Waals surface area (Å²) < 4.78 is 23.7. The van der Waals surface area contributed by atoms with E-state index in [4.69, 9.17) is 4.74 Å². The molecule has 31 heavy (non-hydrogen) atoms. The quantitative estimate of drug-likeness (QED) is 0.284. The number of thiazole rings is 1. The average molecular weight is 560 g/mol. The van der Waals surface area contributed by atoms with Crippen molar-refractivity contribution in [3.63, 3.8) is 0 Å². The highest BCUT2D eigenvalue weighted by molar-refractivity contribution is 9.11. The third-order valence-electron chi connectivity index (χ3n) is 4.80. The van der Waals surface area contributed by atoms with Crippen LogP contribution in [0, 0.1) is 5.82 Å². The predicted octanol–water partition coefficient (Wildman–Crippen LogP) is 5.70. The Morgan fingerprint density at radius 1 is 1.10 bits per heavy atom. The fourth-order valence-electron chi connectivity index (χ4n) is 3.36. The van der Waals surface area contributed by atoms with E-state index in [1.165, 1.54) is 17.4 Å². The van der Waals surface area contributed by atoms with Crippen LogP contribution < -0.4 is 14.8 Å². The van der Waals surface area contributed by atoms with Gasteiger partial charge in [0.15, 0.2) is 4.96 Å². The lowest BCUT2D eigenvalue weighted by Gasteiger charge is -2.12. The van der Waals surface area contributed by atoms with Crippen LogP contribution in [0.25, 0.3) is 22.1 Å². The number of hydrogen-bond acceptors (Lipinski definition) is 4. The molecule has 0 unspecified atom stereocenters. The summed E-state index contributed by atoms with van der Waals surface area (Å²) in [5.41, 5.74) is 2.59. The number of halogens is 3. The van der Waals surface area contributed by atoms with Crippen molar-refractivity contribution in [2.24, 2.45) is 0 Å². The van der Waals surface area contributed by atoms with Crippen molar-refractivity contribution >= 4 is 65.3 Å². The van der Waals surface area contributed by atoms with E-state index < -0.39 is 0 Å². The van der Waals surface area contributed by atoms with Gasteiger partial charge in [0, 0.05) is 15.6 Å². The Kier molecular flexibility index (Phi) is 5.37. The first kappa shape index (κ1) is 20.4. The number of ether oxygens (including phenoxy) is 1. The average Bonchev–Trinajstić information content (AvgIpc) is 3.25. The second-order valence-electron chi connectivity index (χ2n) is 6.82. The van der Waals surface area contributed by atoms with Crippen LogP contribution in [0.2, 0.25) is 0 Å². The minimum atomic E-state index is -0.325. The van der Waals surface area contributed by atoms with E-state index in [9.17, 15) is 9.18 Å². The molecule has 0 fully saturated rings. The molecule has 8 heteroatoms. The number of fused-ring (bicyclic) bond motifs is 3. The molecule has 0 aliphatic rings. The lowest BCUT2D eigenvalue weighted by Crippen LogP contribution is -2.22. The molecule has 0 radical (unpaired) electrons. The SMILES string of the molecule is O=c1/c(=C/c2cc(Br)cc(Br)c2OCc2ccccc2F)sc2nc3ccccc3n12. The molecule has 5 aromatic rings. The fraction of sp³-hybridized carbons (Fsp3) is 0.0435. The van der Waals surface area contributed by atoms with E-state index in [1.54, 1.807) is 28.7 Å². The summed E-state index contributed by atoms with van der Waals surface area (Å²) in [5, 5.41) is 0. The zero-order valence-electron chi connectivity index (χ0n) is 15.8. The molecule has 0 bridgehead atoms. The van der Waals surface area contributed by atoms with Crippen LogP contribution in [0.4, 0.5) is 4.39 Å². The normalized spacial score (nSPS) is 12.2. The number of rotatable bonds is 4. The summed E-state index contributed by atoms with van der Waals surface area (Å²) in [6, 6.07) is 17.7. The maximum absolute atomic E-state index is 14.0. The number of aromatic nitrogens is 2. The highest BCUT2D eigenvalue weighted by Gasteiger charge is 2.14. The fourth-order valence-corrected chi connectivity index (χ4v) is 5.71. The van der Waals surface area contributed by atoms with Gasteiger partial charge in [-0.15, -0.1) is 0 Å². The Morgan fingerprint density at radius 3 is 2.71 bits per heavy atom. The van der Waals surface area contributed by atoms with E-state index in [0.29, 0.717) is 30.8 Å². The summed E-state index contributed by atoms with van der Waals surface area (Å²) in [4.78, 5) is 18.3. The van der Waals surface area contributed by atoms with Gasteiger partial charge in [0.05, 0.1) is 20.0 Å². The molecule has 0 N–H and O–H groups in total. The monoisotopic (exact) mass is 558 g/mol. The van der Waals surface area contributed by atoms with E-state index >= 15 is 0 Å². The molecule has 0 saturated heterocycles. The van der Waals surface area contributed by atoms with Crippen LogP contribution in [0.15, 0.2) is 74.4 Å². The Balaban J connectivity index is 1.62. The third kappa shape index (κ3) is 3.79. The Bertz CT molecular complexity index is 1560. The zero-order chi connectivity index (χ0) is 21.5. The van der Waals surface area contributed by atoms with Crippen LogP contribution in [-0.2, 0) is 6.61 Å². The standard InChI is InChI=1S/C23H13Br2FN2O2S/c24-15-9-14(21(16(25)11-15)30-12-13-5-1-2-6-17(13)26)10-20-22(29)28-19-8-4-3-7-18(19)27-23(28)31-20/h1-11H,12H2/b20-10-. The van der Waals surface area contributed by atoms with Gasteiger partial charge >= 0.3 is 0 Å². The number of nitrogens with zero attached hydrogens (tertiary/aromatic N) is 2. The maximum atomic E-state index is 14.0. The van der Waals surface area contributed by atoms with Crippen LogP contribution >= 0.6 is 43.2 Å². The third-order valence-corrected chi connectivity index (χ3v) is 6.81. The molecule has 0 aliphatic carbocycles. The molecule has 5 rings (SSSR count). The minimum absolute atomic E-state index is 0.0659. The second kappa shape index (κ2) is 8.18. The van der Waals surface area contributed by atoms with Gasteiger partial charge in [-0.05, 0) is 52.3 Å². The molecule has 154 valence electrons. The smallest absolute Gasteiger partial charge is 0.274 e. The lowest BCUT2D eigenvalue weighted by molar-refractivity contribution is 0.297. The van der Waals surface area contributed by atoms with Crippen molar-refractivity contribution in [1.29, 1.82) is 0 Å². The molecule has 2 heterocycles. The van der Waals surface area contributed by atoms with Gasteiger partial charge in [0.1, 0.15) is 18.2 Å². The van der Waals surface area contributed by atoms with Gasteiger partial charge in [0.25, 0.3) is 5.56 Å². The van der Waals surface area contributed by atoms with Crippen molar-refractivity contribution in [1.82, 2.24) is 9.38 Å². The highest BCUT2D eigenvalue weighted by atomic mass is 79.9. The molecule has 0 atom stereocenters. The van der Waals surface area contributed by atoms with Gasteiger partial charge in [0.2, 0.25) is 0 Å². The Morgan fingerprint density at radius 2 is 1.87 bits per heavy atom. The number of benzene rings is 3. The van der Waals surface area contributed by atoms with Gasteiger partial charge in [-0.25, -0.2) is 13.8 Å². The van der Waals surface area contributed by atoms with Crippen molar-refractivity contribution in [2.75, 3.05) is 0 Å². The van der Waals surface area contributed by atoms with Crippen molar-refractivity contribution in [3.05, 3.63) is 101 Å². The first-order valence-electron chi connectivity index (χ1n) is 9.28. The summed E-state index contributed by atoms with van der Waals surface area (Å²) in [6.45, 7) is 0.0659. The molecule has 4 nitrogen and oxygen atoms in total. The van der Waals surface area contributed by atoms with E-state index in [1.807, 2.05) is 36.4 Å². The van der Waals surface area contributed by atoms with E-state index in [-0.39, 0.29) is 18.0 Å². The van der Waals surface area contributed by atoms with Crippen LogP contribution in [0.1, 0.15) is 11.1 Å². The zero-order valence-corrected chi connectivity index (χ0v) is 19.8. The van der Waals surface area contributed by atoms with Gasteiger partial charge in [-0.3, -0.25) is 4.79 Å². The number of para-hydroxylation sites is 2. The molecule has 0 aliphatic heterocycles. The molecule has 0 amide bonds. The first-order valence-corrected chi connectivity index (χ1v) is 11.7. The van der Waals surface area contributed by atoms with E-state index in [0.717, 1.165) is 15.5 Å². The molecule has 3 aromatic carbocycles. The summed E-state index contributed by atoms with van der Waals surface area (Å²) in [7, 11) is 0. The predicted molar refractivity (Wildman–Crippen MR) is 128 cm³/mol. The van der Waals surface area contributed by atoms with Crippen molar-refractivity contribution < 1.29 is 9.13 Å². The van der Waals surface area contributed by atoms with Gasteiger partial charge in [-0.2, -0.15) is 0 Å². The maximum Gasteiger partial charge on any atom is 0.274 e. The minimum Gasteiger partial charge on any atom is -0.487 e. The van der Waals surface area contributed by atoms with Gasteiger partial charge in [-0.1, -0.05) is 57.6 Å². The molecule has 0 saturated carbocycles. The number of hydrogen-bond donors (Lipinski definition) is 0. The first-order chi connectivity index (χ1) is 15.0.